The first kappa shape index (κ1) is 20.4. The van der Waals surface area contributed by atoms with Crippen molar-refractivity contribution >= 4 is 27.3 Å². The standard InChI is InChI=1S/C24H22N2O5S/c27-24(18-5-4-16-2-1-3-17(16)14-18)25-19-6-8-20(9-7-19)26-32(28,29)21-10-11-22-23(15-21)31-13-12-30-22/h4-11,14-15,26H,1-3,12-13H2,(H,25,27). The molecule has 0 fully saturated rings. The van der Waals surface area contributed by atoms with Crippen LogP contribution in [-0.4, -0.2) is 27.5 Å². The van der Waals surface area contributed by atoms with Gasteiger partial charge in [0, 0.05) is 23.0 Å². The Morgan fingerprint density at radius 1 is 0.781 bits per heavy atom. The van der Waals surface area contributed by atoms with Gasteiger partial charge in [-0.3, -0.25) is 9.52 Å². The van der Waals surface area contributed by atoms with Crippen LogP contribution in [0.4, 0.5) is 11.4 Å². The molecule has 0 saturated carbocycles. The van der Waals surface area contributed by atoms with Gasteiger partial charge in [-0.25, -0.2) is 8.42 Å². The molecule has 0 radical (unpaired) electrons. The molecule has 0 spiro atoms. The van der Waals surface area contributed by atoms with Crippen molar-refractivity contribution in [1.82, 2.24) is 0 Å². The molecule has 164 valence electrons. The van der Waals surface area contributed by atoms with Crippen molar-refractivity contribution in [2.45, 2.75) is 24.2 Å². The number of carbonyl (C=O) groups excluding carboxylic acids is 1. The summed E-state index contributed by atoms with van der Waals surface area (Å²) in [5.41, 5.74) is 4.14. The molecule has 0 bridgehead atoms. The number of benzene rings is 3. The number of amides is 1. The number of hydrogen-bond acceptors (Lipinski definition) is 5. The first-order chi connectivity index (χ1) is 15.5. The zero-order chi connectivity index (χ0) is 22.1. The van der Waals surface area contributed by atoms with Crippen LogP contribution in [0.15, 0.2) is 65.6 Å². The van der Waals surface area contributed by atoms with Gasteiger partial charge in [-0.2, -0.15) is 0 Å². The topological polar surface area (TPSA) is 93.7 Å². The maximum Gasteiger partial charge on any atom is 0.262 e. The molecule has 0 unspecified atom stereocenters. The number of rotatable bonds is 5. The van der Waals surface area contributed by atoms with Crippen molar-refractivity contribution < 1.29 is 22.7 Å². The van der Waals surface area contributed by atoms with Crippen LogP contribution >= 0.6 is 0 Å². The lowest BCUT2D eigenvalue weighted by Crippen LogP contribution is -2.17. The van der Waals surface area contributed by atoms with Gasteiger partial charge in [0.15, 0.2) is 11.5 Å². The Labute approximate surface area is 186 Å². The van der Waals surface area contributed by atoms with Gasteiger partial charge in [-0.05, 0) is 78.9 Å². The van der Waals surface area contributed by atoms with E-state index in [0.717, 1.165) is 19.3 Å². The lowest BCUT2D eigenvalue weighted by Gasteiger charge is -2.19. The molecule has 0 saturated heterocycles. The Hall–Kier alpha value is -3.52. The minimum absolute atomic E-state index is 0.0794. The largest absolute Gasteiger partial charge is 0.486 e. The summed E-state index contributed by atoms with van der Waals surface area (Å²) < 4.78 is 38.9. The second-order valence-electron chi connectivity index (χ2n) is 7.78. The predicted octanol–water partition coefficient (Wildman–Crippen LogP) is 4.00. The molecule has 1 amide bonds. The van der Waals surface area contributed by atoms with Crippen LogP contribution in [0.5, 0.6) is 11.5 Å². The third-order valence-corrected chi connectivity index (χ3v) is 6.96. The molecule has 7 nitrogen and oxygen atoms in total. The third kappa shape index (κ3) is 4.13. The van der Waals surface area contributed by atoms with E-state index in [4.69, 9.17) is 9.47 Å². The molecule has 8 heteroatoms. The number of carbonyl (C=O) groups is 1. The number of hydrogen-bond donors (Lipinski definition) is 2. The quantitative estimate of drug-likeness (QED) is 0.613. The van der Waals surface area contributed by atoms with Gasteiger partial charge in [0.1, 0.15) is 13.2 Å². The summed E-state index contributed by atoms with van der Waals surface area (Å²) in [6, 6.07) is 16.8. The Balaban J connectivity index is 1.27. The molecular weight excluding hydrogens is 428 g/mol. The molecule has 0 aromatic heterocycles. The van der Waals surface area contributed by atoms with Gasteiger partial charge in [-0.1, -0.05) is 6.07 Å². The SMILES string of the molecule is O=C(Nc1ccc(NS(=O)(=O)c2ccc3c(c2)OCCO3)cc1)c1ccc2c(c1)CCC2. The number of fused-ring (bicyclic) bond motifs is 2. The van der Waals surface area contributed by atoms with Crippen molar-refractivity contribution in [3.05, 3.63) is 77.4 Å². The monoisotopic (exact) mass is 450 g/mol. The van der Waals surface area contributed by atoms with Crippen molar-refractivity contribution in [3.63, 3.8) is 0 Å². The highest BCUT2D eigenvalue weighted by Crippen LogP contribution is 2.33. The van der Waals surface area contributed by atoms with E-state index < -0.39 is 10.0 Å². The molecular formula is C24H22N2O5S. The van der Waals surface area contributed by atoms with E-state index in [9.17, 15) is 13.2 Å². The van der Waals surface area contributed by atoms with Gasteiger partial charge in [0.25, 0.3) is 15.9 Å². The average Bonchev–Trinajstić information content (AvgIpc) is 3.28. The highest BCUT2D eigenvalue weighted by atomic mass is 32.2. The molecule has 3 aromatic rings. The summed E-state index contributed by atoms with van der Waals surface area (Å²) in [6.07, 6.45) is 3.21. The highest BCUT2D eigenvalue weighted by molar-refractivity contribution is 7.92. The van der Waals surface area contributed by atoms with Gasteiger partial charge < -0.3 is 14.8 Å². The van der Waals surface area contributed by atoms with Crippen LogP contribution in [0.3, 0.4) is 0 Å². The normalized spacial score (nSPS) is 14.5. The zero-order valence-corrected chi connectivity index (χ0v) is 18.1. The van der Waals surface area contributed by atoms with E-state index in [1.807, 2.05) is 18.2 Å². The van der Waals surface area contributed by atoms with Crippen LogP contribution < -0.4 is 19.5 Å². The molecule has 2 aliphatic rings. The van der Waals surface area contributed by atoms with E-state index in [2.05, 4.69) is 10.0 Å². The summed E-state index contributed by atoms with van der Waals surface area (Å²) in [5, 5.41) is 2.86. The van der Waals surface area contributed by atoms with E-state index in [1.54, 1.807) is 30.3 Å². The first-order valence-corrected chi connectivity index (χ1v) is 11.9. The zero-order valence-electron chi connectivity index (χ0n) is 17.3. The molecule has 5 rings (SSSR count). The third-order valence-electron chi connectivity index (χ3n) is 5.58. The van der Waals surface area contributed by atoms with Crippen molar-refractivity contribution in [1.29, 1.82) is 0 Å². The summed E-state index contributed by atoms with van der Waals surface area (Å²) in [4.78, 5) is 12.7. The molecule has 32 heavy (non-hydrogen) atoms. The molecule has 1 heterocycles. The number of nitrogens with one attached hydrogen (secondary N) is 2. The minimum Gasteiger partial charge on any atom is -0.486 e. The van der Waals surface area contributed by atoms with Gasteiger partial charge >= 0.3 is 0 Å². The fraction of sp³-hybridized carbons (Fsp3) is 0.208. The lowest BCUT2D eigenvalue weighted by atomic mass is 10.1. The minimum atomic E-state index is -3.80. The van der Waals surface area contributed by atoms with Crippen molar-refractivity contribution in [3.8, 4) is 11.5 Å². The Kier molecular flexibility index (Phi) is 5.22. The number of aryl methyl sites for hydroxylation is 2. The fourth-order valence-electron chi connectivity index (χ4n) is 3.94. The second-order valence-corrected chi connectivity index (χ2v) is 9.46. The van der Waals surface area contributed by atoms with Crippen LogP contribution in [0.25, 0.3) is 0 Å². The van der Waals surface area contributed by atoms with Gasteiger partial charge in [-0.15, -0.1) is 0 Å². The van der Waals surface area contributed by atoms with Crippen LogP contribution in [-0.2, 0) is 22.9 Å². The number of anilines is 2. The Morgan fingerprint density at radius 2 is 1.50 bits per heavy atom. The lowest BCUT2D eigenvalue weighted by molar-refractivity contribution is 0.102. The van der Waals surface area contributed by atoms with Gasteiger partial charge in [0.2, 0.25) is 0 Å². The maximum atomic E-state index is 12.8. The van der Waals surface area contributed by atoms with Crippen molar-refractivity contribution in [2.75, 3.05) is 23.3 Å². The summed E-state index contributed by atoms with van der Waals surface area (Å²) >= 11 is 0. The molecule has 1 aliphatic heterocycles. The first-order valence-electron chi connectivity index (χ1n) is 10.4. The van der Waals surface area contributed by atoms with E-state index in [0.29, 0.717) is 41.7 Å². The molecule has 3 aromatic carbocycles. The highest BCUT2D eigenvalue weighted by Gasteiger charge is 2.20. The average molecular weight is 451 g/mol. The maximum absolute atomic E-state index is 12.8. The number of sulfonamides is 1. The smallest absolute Gasteiger partial charge is 0.262 e. The summed E-state index contributed by atoms with van der Waals surface area (Å²) in [5.74, 6) is 0.742. The number of ether oxygens (including phenoxy) is 2. The molecule has 0 atom stereocenters. The van der Waals surface area contributed by atoms with E-state index in [1.165, 1.54) is 23.3 Å². The molecule has 1 aliphatic carbocycles. The summed E-state index contributed by atoms with van der Waals surface area (Å²) in [6.45, 7) is 0.815. The predicted molar refractivity (Wildman–Crippen MR) is 121 cm³/mol. The van der Waals surface area contributed by atoms with Crippen LogP contribution in [0, 0.1) is 0 Å². The van der Waals surface area contributed by atoms with Crippen molar-refractivity contribution in [2.24, 2.45) is 0 Å². The Bertz CT molecular complexity index is 1290. The van der Waals surface area contributed by atoms with E-state index in [-0.39, 0.29) is 10.8 Å². The second kappa shape index (κ2) is 8.20. The van der Waals surface area contributed by atoms with Crippen LogP contribution in [0.2, 0.25) is 0 Å². The van der Waals surface area contributed by atoms with Gasteiger partial charge in [0.05, 0.1) is 4.90 Å². The summed E-state index contributed by atoms with van der Waals surface area (Å²) in [7, 11) is -3.80. The molecule has 2 N–H and O–H groups in total. The van der Waals surface area contributed by atoms with Crippen LogP contribution in [0.1, 0.15) is 27.9 Å². The fourth-order valence-corrected chi connectivity index (χ4v) is 5.02. The van der Waals surface area contributed by atoms with E-state index >= 15 is 0 Å². The Morgan fingerprint density at radius 3 is 2.31 bits per heavy atom.